The van der Waals surface area contributed by atoms with Crippen molar-refractivity contribution in [3.63, 3.8) is 0 Å². The number of carbonyl (C=O) groups is 1. The summed E-state index contributed by atoms with van der Waals surface area (Å²) in [5.74, 6) is -0.400. The highest BCUT2D eigenvalue weighted by Gasteiger charge is 2.03. The topological polar surface area (TPSA) is 91.0 Å². The van der Waals surface area contributed by atoms with E-state index in [9.17, 15) is 9.18 Å². The first kappa shape index (κ1) is 13.5. The molecule has 0 fully saturated rings. The third-order valence-corrected chi connectivity index (χ3v) is 2.56. The van der Waals surface area contributed by atoms with Crippen molar-refractivity contribution in [3.8, 4) is 0 Å². The first-order valence-corrected chi connectivity index (χ1v) is 5.82. The third kappa shape index (κ3) is 3.55. The quantitative estimate of drug-likeness (QED) is 0.511. The van der Waals surface area contributed by atoms with Crippen LogP contribution in [0.3, 0.4) is 0 Å². The van der Waals surface area contributed by atoms with Crippen LogP contribution in [0.5, 0.6) is 0 Å². The number of hydrogen-bond acceptors (Lipinski definition) is 2. The average molecular weight is 272 g/mol. The Kier molecular flexibility index (Phi) is 3.95. The number of amidine groups is 1. The van der Waals surface area contributed by atoms with E-state index in [1.807, 2.05) is 0 Å². The van der Waals surface area contributed by atoms with E-state index in [0.29, 0.717) is 16.9 Å². The Morgan fingerprint density at radius 1 is 0.950 bits per heavy atom. The molecular weight excluding hydrogens is 259 g/mol. The lowest BCUT2D eigenvalue weighted by atomic mass is 10.2. The van der Waals surface area contributed by atoms with Crippen LogP contribution < -0.4 is 16.4 Å². The molecule has 0 aliphatic heterocycles. The molecule has 2 rings (SSSR count). The van der Waals surface area contributed by atoms with Crippen LogP contribution in [0.1, 0.15) is 5.56 Å². The van der Waals surface area contributed by atoms with Gasteiger partial charge < -0.3 is 16.4 Å². The Bertz CT molecular complexity index is 623. The fraction of sp³-hybridized carbons (Fsp3) is 0. The van der Waals surface area contributed by atoms with Gasteiger partial charge in [-0.2, -0.15) is 0 Å². The molecule has 0 unspecified atom stereocenters. The molecule has 0 atom stereocenters. The maximum atomic E-state index is 12.7. The van der Waals surface area contributed by atoms with Gasteiger partial charge in [0.05, 0.1) is 0 Å². The Morgan fingerprint density at radius 3 is 1.85 bits per heavy atom. The number of carbonyl (C=O) groups excluding carboxylic acids is 1. The summed E-state index contributed by atoms with van der Waals surface area (Å²) in [6.07, 6.45) is 0. The molecule has 0 radical (unpaired) electrons. The molecule has 5 nitrogen and oxygen atoms in total. The van der Waals surface area contributed by atoms with E-state index in [4.69, 9.17) is 11.1 Å². The molecule has 2 amide bonds. The third-order valence-electron chi connectivity index (χ3n) is 2.56. The first-order valence-electron chi connectivity index (χ1n) is 5.82. The largest absolute Gasteiger partial charge is 0.384 e. The van der Waals surface area contributed by atoms with E-state index in [1.54, 1.807) is 24.3 Å². The first-order chi connectivity index (χ1) is 9.54. The summed E-state index contributed by atoms with van der Waals surface area (Å²) in [6.45, 7) is 0. The van der Waals surface area contributed by atoms with Crippen molar-refractivity contribution in [3.05, 3.63) is 59.9 Å². The highest BCUT2D eigenvalue weighted by Crippen LogP contribution is 2.11. The van der Waals surface area contributed by atoms with E-state index in [2.05, 4.69) is 10.6 Å². The van der Waals surface area contributed by atoms with Gasteiger partial charge in [0.1, 0.15) is 11.7 Å². The van der Waals surface area contributed by atoms with Crippen LogP contribution in [0.25, 0.3) is 0 Å². The van der Waals surface area contributed by atoms with E-state index >= 15 is 0 Å². The molecule has 20 heavy (non-hydrogen) atoms. The Hall–Kier alpha value is -2.89. The van der Waals surface area contributed by atoms with Crippen molar-refractivity contribution in [2.24, 2.45) is 5.73 Å². The molecule has 0 heterocycles. The molecule has 0 spiro atoms. The fourth-order valence-electron chi connectivity index (χ4n) is 1.56. The molecule has 0 aliphatic carbocycles. The SMILES string of the molecule is N=C(N)c1ccc(NC(=O)Nc2ccc(F)cc2)cc1. The summed E-state index contributed by atoms with van der Waals surface area (Å²) in [5, 5.41) is 12.4. The normalized spacial score (nSPS) is 9.85. The fourth-order valence-corrected chi connectivity index (χ4v) is 1.56. The minimum Gasteiger partial charge on any atom is -0.384 e. The summed E-state index contributed by atoms with van der Waals surface area (Å²) in [5.41, 5.74) is 6.97. The Labute approximate surface area is 115 Å². The number of nitrogens with one attached hydrogen (secondary N) is 3. The lowest BCUT2D eigenvalue weighted by Crippen LogP contribution is -2.19. The van der Waals surface area contributed by atoms with Gasteiger partial charge in [-0.05, 0) is 48.5 Å². The summed E-state index contributed by atoms with van der Waals surface area (Å²) in [7, 11) is 0. The van der Waals surface area contributed by atoms with Crippen LogP contribution in [0, 0.1) is 11.2 Å². The number of nitrogen functional groups attached to an aromatic ring is 1. The molecule has 6 heteroatoms. The smallest absolute Gasteiger partial charge is 0.323 e. The zero-order valence-corrected chi connectivity index (χ0v) is 10.5. The number of halogens is 1. The number of hydrogen-bond donors (Lipinski definition) is 4. The van der Waals surface area contributed by atoms with Crippen molar-refractivity contribution in [2.75, 3.05) is 10.6 Å². The zero-order chi connectivity index (χ0) is 14.5. The van der Waals surface area contributed by atoms with Crippen molar-refractivity contribution in [2.45, 2.75) is 0 Å². The van der Waals surface area contributed by atoms with Gasteiger partial charge in [-0.25, -0.2) is 9.18 Å². The molecule has 0 aromatic heterocycles. The van der Waals surface area contributed by atoms with Crippen molar-refractivity contribution in [1.82, 2.24) is 0 Å². The predicted octanol–water partition coefficient (Wildman–Crippen LogP) is 2.75. The predicted molar refractivity (Wildman–Crippen MR) is 76.5 cm³/mol. The number of anilines is 2. The van der Waals surface area contributed by atoms with E-state index in [-0.39, 0.29) is 11.7 Å². The van der Waals surface area contributed by atoms with Crippen LogP contribution in [0.15, 0.2) is 48.5 Å². The van der Waals surface area contributed by atoms with Gasteiger partial charge in [-0.15, -0.1) is 0 Å². The second kappa shape index (κ2) is 5.83. The van der Waals surface area contributed by atoms with Crippen molar-refractivity contribution < 1.29 is 9.18 Å². The minimum absolute atomic E-state index is 0.0349. The van der Waals surface area contributed by atoms with Gasteiger partial charge in [0.25, 0.3) is 0 Å². The maximum Gasteiger partial charge on any atom is 0.323 e. The van der Waals surface area contributed by atoms with Crippen molar-refractivity contribution in [1.29, 1.82) is 5.41 Å². The average Bonchev–Trinajstić information content (AvgIpc) is 2.42. The Balaban J connectivity index is 1.97. The number of urea groups is 1. The highest BCUT2D eigenvalue weighted by atomic mass is 19.1. The lowest BCUT2D eigenvalue weighted by molar-refractivity contribution is 0.262. The van der Waals surface area contributed by atoms with Crippen molar-refractivity contribution >= 4 is 23.2 Å². The molecule has 0 saturated heterocycles. The highest BCUT2D eigenvalue weighted by molar-refractivity contribution is 6.00. The molecule has 102 valence electrons. The number of rotatable bonds is 3. The maximum absolute atomic E-state index is 12.7. The molecular formula is C14H13FN4O. The van der Waals surface area contributed by atoms with E-state index in [1.165, 1.54) is 24.3 Å². The second-order valence-electron chi connectivity index (χ2n) is 4.08. The van der Waals surface area contributed by atoms with E-state index in [0.717, 1.165) is 0 Å². The number of nitrogens with two attached hydrogens (primary N) is 1. The molecule has 0 aliphatic rings. The summed E-state index contributed by atoms with van der Waals surface area (Å²) < 4.78 is 12.7. The lowest BCUT2D eigenvalue weighted by Gasteiger charge is -2.08. The molecule has 2 aromatic carbocycles. The van der Waals surface area contributed by atoms with Gasteiger partial charge in [0.15, 0.2) is 0 Å². The van der Waals surface area contributed by atoms with Crippen LogP contribution in [-0.4, -0.2) is 11.9 Å². The summed E-state index contributed by atoms with van der Waals surface area (Å²) in [6, 6.07) is 11.6. The second-order valence-corrected chi connectivity index (χ2v) is 4.08. The van der Waals surface area contributed by atoms with Gasteiger partial charge in [-0.1, -0.05) is 0 Å². The van der Waals surface area contributed by atoms with Gasteiger partial charge >= 0.3 is 6.03 Å². The minimum atomic E-state index is -0.438. The summed E-state index contributed by atoms with van der Waals surface area (Å²) in [4.78, 5) is 11.7. The van der Waals surface area contributed by atoms with Crippen LogP contribution in [0.2, 0.25) is 0 Å². The van der Waals surface area contributed by atoms with E-state index < -0.39 is 6.03 Å². The molecule has 0 saturated carbocycles. The van der Waals surface area contributed by atoms with Crippen LogP contribution >= 0.6 is 0 Å². The van der Waals surface area contributed by atoms with Gasteiger partial charge in [-0.3, -0.25) is 5.41 Å². The van der Waals surface area contributed by atoms with Crippen LogP contribution in [-0.2, 0) is 0 Å². The molecule has 5 N–H and O–H groups in total. The summed E-state index contributed by atoms with van der Waals surface area (Å²) >= 11 is 0. The Morgan fingerprint density at radius 2 is 1.40 bits per heavy atom. The van der Waals surface area contributed by atoms with Crippen LogP contribution in [0.4, 0.5) is 20.6 Å². The molecule has 0 bridgehead atoms. The number of amides is 2. The number of benzene rings is 2. The standard InChI is InChI=1S/C14H13FN4O/c15-10-3-7-12(8-4-10)19-14(20)18-11-5-1-9(2-6-11)13(16)17/h1-8H,(H3,16,17)(H2,18,19,20). The van der Waals surface area contributed by atoms with Gasteiger partial charge in [0.2, 0.25) is 0 Å². The molecule has 2 aromatic rings. The van der Waals surface area contributed by atoms with Gasteiger partial charge in [0, 0.05) is 16.9 Å². The zero-order valence-electron chi connectivity index (χ0n) is 10.5. The monoisotopic (exact) mass is 272 g/mol.